The van der Waals surface area contributed by atoms with Gasteiger partial charge in [0, 0.05) is 5.56 Å². The Morgan fingerprint density at radius 3 is 3.00 bits per heavy atom. The van der Waals surface area contributed by atoms with Crippen molar-refractivity contribution in [2.24, 2.45) is 0 Å². The summed E-state index contributed by atoms with van der Waals surface area (Å²) in [5.74, 6) is 0.559. The van der Waals surface area contributed by atoms with Crippen LogP contribution < -0.4 is 0 Å². The molecule has 2 aromatic heterocycles. The molecule has 5 nitrogen and oxygen atoms in total. The van der Waals surface area contributed by atoms with Crippen molar-refractivity contribution < 1.29 is 14.1 Å². The quantitative estimate of drug-likeness (QED) is 0.688. The van der Waals surface area contributed by atoms with E-state index in [1.807, 2.05) is 23.6 Å². The molecule has 2 heterocycles. The van der Waals surface area contributed by atoms with Gasteiger partial charge in [-0.15, -0.1) is 11.3 Å². The molecule has 106 valence electrons. The van der Waals surface area contributed by atoms with Crippen molar-refractivity contribution >= 4 is 17.3 Å². The van der Waals surface area contributed by atoms with E-state index >= 15 is 0 Å². The first kappa shape index (κ1) is 13.5. The Bertz CT molecular complexity index is 750. The summed E-state index contributed by atoms with van der Waals surface area (Å²) >= 11 is 1.54. The molecule has 1 aromatic carbocycles. The third kappa shape index (κ3) is 2.85. The maximum absolute atomic E-state index is 11.7. The number of ether oxygens (including phenoxy) is 1. The van der Waals surface area contributed by atoms with E-state index in [1.165, 1.54) is 0 Å². The lowest BCUT2D eigenvalue weighted by Crippen LogP contribution is -2.04. The van der Waals surface area contributed by atoms with Crippen LogP contribution in [0.1, 0.15) is 17.3 Å². The standard InChI is InChI=1S/C15H12N2O3S/c1-2-19-15(18)11-6-3-5-10(9-11)14-16-13(17-20-14)12-7-4-8-21-12/h3-9H,2H2,1H3. The number of esters is 1. The first-order valence-corrected chi connectivity index (χ1v) is 7.31. The van der Waals surface area contributed by atoms with Crippen LogP contribution in [0, 0.1) is 0 Å². The van der Waals surface area contributed by atoms with E-state index in [2.05, 4.69) is 10.1 Å². The average molecular weight is 300 g/mol. The SMILES string of the molecule is CCOC(=O)c1cccc(-c2nc(-c3cccs3)no2)c1. The molecule has 0 radical (unpaired) electrons. The summed E-state index contributed by atoms with van der Waals surface area (Å²) in [6.07, 6.45) is 0. The highest BCUT2D eigenvalue weighted by Gasteiger charge is 2.13. The van der Waals surface area contributed by atoms with Gasteiger partial charge in [0.2, 0.25) is 5.82 Å². The van der Waals surface area contributed by atoms with Gasteiger partial charge in [-0.3, -0.25) is 0 Å². The molecule has 0 aliphatic rings. The Labute approximate surface area is 125 Å². The van der Waals surface area contributed by atoms with E-state index in [0.717, 1.165) is 4.88 Å². The smallest absolute Gasteiger partial charge is 0.338 e. The Hall–Kier alpha value is -2.47. The molecule has 0 fully saturated rings. The molecule has 0 N–H and O–H groups in total. The summed E-state index contributed by atoms with van der Waals surface area (Å²) < 4.78 is 10.2. The van der Waals surface area contributed by atoms with E-state index in [0.29, 0.717) is 29.4 Å². The zero-order valence-electron chi connectivity index (χ0n) is 11.3. The summed E-state index contributed by atoms with van der Waals surface area (Å²) in [4.78, 5) is 17.0. The molecular formula is C15H12N2O3S. The number of hydrogen-bond donors (Lipinski definition) is 0. The van der Waals surface area contributed by atoms with Crippen molar-refractivity contribution in [3.8, 4) is 22.2 Å². The number of carbonyl (C=O) groups excluding carboxylic acids is 1. The van der Waals surface area contributed by atoms with Crippen LogP contribution in [0.25, 0.3) is 22.2 Å². The molecule has 3 aromatic rings. The first-order chi connectivity index (χ1) is 10.3. The van der Waals surface area contributed by atoms with Crippen molar-refractivity contribution in [3.05, 3.63) is 47.3 Å². The van der Waals surface area contributed by atoms with E-state index in [4.69, 9.17) is 9.26 Å². The van der Waals surface area contributed by atoms with Crippen LogP contribution in [-0.4, -0.2) is 22.7 Å². The molecule has 0 bridgehead atoms. The second-order valence-corrected chi connectivity index (χ2v) is 5.15. The van der Waals surface area contributed by atoms with Gasteiger partial charge in [0.25, 0.3) is 5.89 Å². The van der Waals surface area contributed by atoms with Gasteiger partial charge in [-0.05, 0) is 36.6 Å². The second-order valence-electron chi connectivity index (χ2n) is 4.20. The minimum absolute atomic E-state index is 0.339. The number of rotatable bonds is 4. The lowest BCUT2D eigenvalue weighted by molar-refractivity contribution is 0.0526. The van der Waals surface area contributed by atoms with Crippen LogP contribution in [-0.2, 0) is 4.74 Å². The summed E-state index contributed by atoms with van der Waals surface area (Å²) in [5, 5.41) is 5.91. The highest BCUT2D eigenvalue weighted by molar-refractivity contribution is 7.13. The highest BCUT2D eigenvalue weighted by Crippen LogP contribution is 2.25. The summed E-state index contributed by atoms with van der Waals surface area (Å²) in [7, 11) is 0. The fraction of sp³-hybridized carbons (Fsp3) is 0.133. The van der Waals surface area contributed by atoms with E-state index in [-0.39, 0.29) is 5.97 Å². The largest absolute Gasteiger partial charge is 0.462 e. The maximum Gasteiger partial charge on any atom is 0.338 e. The Morgan fingerprint density at radius 2 is 2.24 bits per heavy atom. The molecule has 0 unspecified atom stereocenters. The predicted octanol–water partition coefficient (Wildman–Crippen LogP) is 3.64. The minimum atomic E-state index is -0.364. The predicted molar refractivity (Wildman–Crippen MR) is 79.0 cm³/mol. The molecule has 3 rings (SSSR count). The fourth-order valence-corrected chi connectivity index (χ4v) is 2.49. The number of nitrogens with zero attached hydrogens (tertiary/aromatic N) is 2. The van der Waals surface area contributed by atoms with Gasteiger partial charge in [0.1, 0.15) is 0 Å². The van der Waals surface area contributed by atoms with Gasteiger partial charge in [0.05, 0.1) is 17.0 Å². The molecule has 21 heavy (non-hydrogen) atoms. The van der Waals surface area contributed by atoms with Crippen molar-refractivity contribution in [3.63, 3.8) is 0 Å². The van der Waals surface area contributed by atoms with E-state index < -0.39 is 0 Å². The fourth-order valence-electron chi connectivity index (χ4n) is 1.84. The Kier molecular flexibility index (Phi) is 3.79. The summed E-state index contributed by atoms with van der Waals surface area (Å²) in [6, 6.07) is 10.8. The van der Waals surface area contributed by atoms with Gasteiger partial charge in [-0.25, -0.2) is 4.79 Å². The number of hydrogen-bond acceptors (Lipinski definition) is 6. The van der Waals surface area contributed by atoms with Crippen molar-refractivity contribution in [2.45, 2.75) is 6.92 Å². The van der Waals surface area contributed by atoms with Crippen LogP contribution in [0.2, 0.25) is 0 Å². The van der Waals surface area contributed by atoms with Crippen LogP contribution >= 0.6 is 11.3 Å². The zero-order chi connectivity index (χ0) is 14.7. The Balaban J connectivity index is 1.90. The highest BCUT2D eigenvalue weighted by atomic mass is 32.1. The van der Waals surface area contributed by atoms with Crippen molar-refractivity contribution in [1.82, 2.24) is 10.1 Å². The molecule has 0 saturated carbocycles. The molecule has 0 spiro atoms. The number of thiophene rings is 1. The minimum Gasteiger partial charge on any atom is -0.462 e. The molecule has 0 aliphatic carbocycles. The van der Waals surface area contributed by atoms with E-state index in [1.54, 1.807) is 36.5 Å². The molecule has 0 amide bonds. The molecular weight excluding hydrogens is 288 g/mol. The van der Waals surface area contributed by atoms with Crippen molar-refractivity contribution in [2.75, 3.05) is 6.61 Å². The third-order valence-electron chi connectivity index (χ3n) is 2.79. The lowest BCUT2D eigenvalue weighted by Gasteiger charge is -2.02. The number of aromatic nitrogens is 2. The molecule has 6 heteroatoms. The van der Waals surface area contributed by atoms with Crippen LogP contribution in [0.3, 0.4) is 0 Å². The normalized spacial score (nSPS) is 10.5. The topological polar surface area (TPSA) is 65.2 Å². The summed E-state index contributed by atoms with van der Waals surface area (Å²) in [6.45, 7) is 2.11. The van der Waals surface area contributed by atoms with Gasteiger partial charge in [0.15, 0.2) is 0 Å². The zero-order valence-corrected chi connectivity index (χ0v) is 12.1. The monoisotopic (exact) mass is 300 g/mol. The van der Waals surface area contributed by atoms with E-state index in [9.17, 15) is 4.79 Å². The van der Waals surface area contributed by atoms with Crippen LogP contribution in [0.4, 0.5) is 0 Å². The van der Waals surface area contributed by atoms with Gasteiger partial charge < -0.3 is 9.26 Å². The van der Waals surface area contributed by atoms with Crippen LogP contribution in [0.5, 0.6) is 0 Å². The third-order valence-corrected chi connectivity index (χ3v) is 3.65. The van der Waals surface area contributed by atoms with Gasteiger partial charge in [-0.2, -0.15) is 4.98 Å². The number of carbonyl (C=O) groups is 1. The van der Waals surface area contributed by atoms with Crippen LogP contribution in [0.15, 0.2) is 46.3 Å². The van der Waals surface area contributed by atoms with Gasteiger partial charge in [-0.1, -0.05) is 17.3 Å². The van der Waals surface area contributed by atoms with Crippen molar-refractivity contribution in [1.29, 1.82) is 0 Å². The van der Waals surface area contributed by atoms with Gasteiger partial charge >= 0.3 is 5.97 Å². The molecule has 0 aliphatic heterocycles. The second kappa shape index (κ2) is 5.88. The first-order valence-electron chi connectivity index (χ1n) is 6.43. The average Bonchev–Trinajstić information content (AvgIpc) is 3.18. The lowest BCUT2D eigenvalue weighted by atomic mass is 10.1. The number of benzene rings is 1. The summed E-state index contributed by atoms with van der Waals surface area (Å²) in [5.41, 5.74) is 1.15. The maximum atomic E-state index is 11.7. The Morgan fingerprint density at radius 1 is 1.33 bits per heavy atom. The molecule has 0 saturated heterocycles. The molecule has 0 atom stereocenters.